The van der Waals surface area contributed by atoms with Gasteiger partial charge in [0.2, 0.25) is 6.41 Å². The van der Waals surface area contributed by atoms with Gasteiger partial charge in [-0.1, -0.05) is 74.9 Å². The van der Waals surface area contributed by atoms with Gasteiger partial charge >= 0.3 is 0 Å². The number of Topliss-reactive ketones (excluding diaryl/α,β-unsaturated/α-hetero) is 1. The Morgan fingerprint density at radius 3 is 2.23 bits per heavy atom. The zero-order chi connectivity index (χ0) is 28.5. The zero-order valence-electron chi connectivity index (χ0n) is 25.1. The normalized spacial score (nSPS) is 35.8. The molecule has 4 fully saturated rings. The van der Waals surface area contributed by atoms with Crippen molar-refractivity contribution < 1.29 is 18.9 Å². The molecule has 0 spiro atoms. The Bertz CT molecular complexity index is 877. The third kappa shape index (κ3) is 7.04. The molecule has 5 nitrogen and oxygen atoms in total. The second-order valence-corrected chi connectivity index (χ2v) is 11.8. The average molecular weight is 564 g/mol. The number of aliphatic hydroxyl groups excluding tert-OH is 1. The molecule has 1 aromatic rings. The Morgan fingerprint density at radius 2 is 1.62 bits per heavy atom. The molecular weight excluding hydrogens is 506 g/mol. The lowest BCUT2D eigenvalue weighted by Crippen LogP contribution is -2.56. The van der Waals surface area contributed by atoms with Crippen LogP contribution in [0, 0.1) is 34.5 Å². The Morgan fingerprint density at radius 1 is 0.974 bits per heavy atom. The van der Waals surface area contributed by atoms with Crippen molar-refractivity contribution in [3.8, 4) is 5.75 Å². The van der Waals surface area contributed by atoms with Crippen molar-refractivity contribution in [2.75, 3.05) is 0 Å². The van der Waals surface area contributed by atoms with Crippen molar-refractivity contribution in [1.82, 2.24) is 4.72 Å². The van der Waals surface area contributed by atoms with Crippen molar-refractivity contribution in [3.63, 3.8) is 0 Å². The first-order valence-electron chi connectivity index (χ1n) is 15.2. The molecule has 2 N–H and O–H groups in total. The highest BCUT2D eigenvalue weighted by molar-refractivity contribution is 7.93. The maximum Gasteiger partial charge on any atom is 0.219 e. The quantitative estimate of drug-likeness (QED) is 0.162. The molecule has 8 atom stereocenters. The number of amides is 1. The van der Waals surface area contributed by atoms with Crippen LogP contribution in [0.5, 0.6) is 5.75 Å². The third-order valence-corrected chi connectivity index (χ3v) is 10.4. The molecule has 0 heterocycles. The number of fused-ring (bicyclic) bond motifs is 5. The largest absolute Gasteiger partial charge is 0.405 e. The number of ketones is 1. The van der Waals surface area contributed by atoms with Gasteiger partial charge in [-0.2, -0.15) is 0 Å². The molecule has 4 aliphatic rings. The van der Waals surface area contributed by atoms with Crippen LogP contribution in [0.4, 0.5) is 0 Å². The molecule has 5 rings (SSSR count). The molecule has 0 saturated heterocycles. The Labute approximate surface area is 244 Å². The van der Waals surface area contributed by atoms with Gasteiger partial charge in [-0.3, -0.25) is 14.3 Å². The molecule has 1 amide bonds. The van der Waals surface area contributed by atoms with E-state index in [0.717, 1.165) is 57.2 Å². The van der Waals surface area contributed by atoms with Crippen molar-refractivity contribution in [3.05, 3.63) is 29.8 Å². The average Bonchev–Trinajstić information content (AvgIpc) is 3.26. The van der Waals surface area contributed by atoms with Gasteiger partial charge in [-0.25, -0.2) is 0 Å². The van der Waals surface area contributed by atoms with Crippen molar-refractivity contribution in [1.29, 1.82) is 0 Å². The lowest BCUT2D eigenvalue weighted by Gasteiger charge is -2.62. The van der Waals surface area contributed by atoms with Crippen LogP contribution in [0.15, 0.2) is 24.3 Å². The van der Waals surface area contributed by atoms with Gasteiger partial charge in [0.15, 0.2) is 12.2 Å². The third-order valence-electron chi connectivity index (χ3n) is 9.93. The van der Waals surface area contributed by atoms with E-state index >= 15 is 0 Å². The molecule has 4 aliphatic carbocycles. The Kier molecular flexibility index (Phi) is 14.6. The van der Waals surface area contributed by atoms with Gasteiger partial charge in [0.25, 0.3) is 0 Å². The van der Waals surface area contributed by atoms with E-state index in [9.17, 15) is 14.7 Å². The summed E-state index contributed by atoms with van der Waals surface area (Å²) in [5.74, 6) is 3.79. The highest BCUT2D eigenvalue weighted by Crippen LogP contribution is 2.69. The van der Waals surface area contributed by atoms with Crippen LogP contribution in [0.3, 0.4) is 0 Å². The van der Waals surface area contributed by atoms with E-state index in [1.165, 1.54) is 12.0 Å². The summed E-state index contributed by atoms with van der Waals surface area (Å²) in [6.45, 7) is 16.8. The fraction of sp³-hybridized carbons (Fsp3) is 0.758. The molecule has 0 aromatic heterocycles. The first kappa shape index (κ1) is 35.5. The second kappa shape index (κ2) is 16.0. The van der Waals surface area contributed by atoms with Gasteiger partial charge in [0.1, 0.15) is 11.5 Å². The number of benzene rings is 1. The number of rotatable bonds is 5. The number of nitrogens with one attached hydrogen (secondary N) is 1. The van der Waals surface area contributed by atoms with Crippen molar-refractivity contribution in [2.24, 2.45) is 34.5 Å². The topological polar surface area (TPSA) is 75.6 Å². The standard InChI is InChI=1S/C26H35NO4S.3C2H6.CH4/c1-25-12-11-18(29)13-17(25)5-8-20-22-9-10-23(30)26(22,2)14-21(24(20)25)16-3-6-19(7-4-16)31-32-27-15-28;3*1-2;/h3-4,6-7,15,17,20-24,30H,5,8-14H2,1-2H3,(H,27,28);3*1-2H3;1H4. The smallest absolute Gasteiger partial charge is 0.219 e. The Hall–Kier alpha value is -1.53. The van der Waals surface area contributed by atoms with Crippen LogP contribution >= 0.6 is 12.2 Å². The van der Waals surface area contributed by atoms with Crippen LogP contribution in [0.2, 0.25) is 0 Å². The van der Waals surface area contributed by atoms with E-state index in [4.69, 9.17) is 4.18 Å². The molecule has 39 heavy (non-hydrogen) atoms. The fourth-order valence-corrected chi connectivity index (χ4v) is 8.68. The summed E-state index contributed by atoms with van der Waals surface area (Å²) < 4.78 is 7.96. The lowest BCUT2D eigenvalue weighted by molar-refractivity contribution is -0.147. The number of aliphatic hydroxyl groups is 1. The highest BCUT2D eigenvalue weighted by atomic mass is 32.2. The van der Waals surface area contributed by atoms with Gasteiger partial charge in [0.05, 0.1) is 6.10 Å². The number of carbonyl (C=O) groups is 2. The minimum atomic E-state index is -0.220. The molecule has 224 valence electrons. The molecule has 1 aromatic carbocycles. The van der Waals surface area contributed by atoms with Gasteiger partial charge in [-0.15, -0.1) is 0 Å². The molecule has 0 radical (unpaired) electrons. The number of hydrogen-bond acceptors (Lipinski definition) is 5. The van der Waals surface area contributed by atoms with Crippen LogP contribution in [0.25, 0.3) is 0 Å². The van der Waals surface area contributed by atoms with Crippen LogP contribution < -0.4 is 8.91 Å². The molecule has 8 unspecified atom stereocenters. The molecule has 0 aliphatic heterocycles. The second-order valence-electron chi connectivity index (χ2n) is 11.2. The summed E-state index contributed by atoms with van der Waals surface area (Å²) in [5, 5.41) is 11.0. The summed E-state index contributed by atoms with van der Waals surface area (Å²) in [4.78, 5) is 22.8. The van der Waals surface area contributed by atoms with E-state index in [2.05, 4.69) is 30.7 Å². The molecule has 0 bridgehead atoms. The molecule has 4 saturated carbocycles. The lowest BCUT2D eigenvalue weighted by atomic mass is 9.42. The van der Waals surface area contributed by atoms with Crippen LogP contribution in [0.1, 0.15) is 126 Å². The van der Waals surface area contributed by atoms with Crippen LogP contribution in [-0.4, -0.2) is 23.4 Å². The summed E-state index contributed by atoms with van der Waals surface area (Å²) in [5.41, 5.74) is 1.48. The number of hydrogen-bond donors (Lipinski definition) is 2. The summed E-state index contributed by atoms with van der Waals surface area (Å²) in [6.07, 6.45) is 8.29. The van der Waals surface area contributed by atoms with E-state index in [0.29, 0.717) is 47.5 Å². The molecular formula is C33H57NO4S. The SMILES string of the molecule is C.CC.CC.CC.CC12CC(c3ccc(OSNC=O)cc3)C3C(CCC4CC(=O)CCC43C)C1CCC2O. The summed E-state index contributed by atoms with van der Waals surface area (Å²) >= 11 is 0.910. The monoisotopic (exact) mass is 563 g/mol. The summed E-state index contributed by atoms with van der Waals surface area (Å²) in [6, 6.07) is 8.31. The van der Waals surface area contributed by atoms with E-state index in [1.54, 1.807) is 0 Å². The fourth-order valence-electron chi connectivity index (χ4n) is 8.39. The van der Waals surface area contributed by atoms with E-state index in [-0.39, 0.29) is 24.4 Å². The number of carbonyl (C=O) groups excluding carboxylic acids is 2. The predicted molar refractivity (Wildman–Crippen MR) is 166 cm³/mol. The minimum Gasteiger partial charge on any atom is -0.405 e. The van der Waals surface area contributed by atoms with Gasteiger partial charge in [-0.05, 0) is 96.6 Å². The van der Waals surface area contributed by atoms with Crippen molar-refractivity contribution >= 4 is 24.4 Å². The van der Waals surface area contributed by atoms with Gasteiger partial charge < -0.3 is 9.29 Å². The summed E-state index contributed by atoms with van der Waals surface area (Å²) in [7, 11) is 0. The first-order chi connectivity index (χ1) is 18.4. The van der Waals surface area contributed by atoms with E-state index in [1.807, 2.05) is 53.7 Å². The van der Waals surface area contributed by atoms with E-state index < -0.39 is 0 Å². The Balaban J connectivity index is 0.00000102. The first-order valence-corrected chi connectivity index (χ1v) is 15.9. The van der Waals surface area contributed by atoms with Crippen LogP contribution in [-0.2, 0) is 9.59 Å². The maximum absolute atomic E-state index is 12.3. The van der Waals surface area contributed by atoms with Gasteiger partial charge in [0, 0.05) is 12.8 Å². The van der Waals surface area contributed by atoms with Crippen molar-refractivity contribution in [2.45, 2.75) is 126 Å². The highest BCUT2D eigenvalue weighted by Gasteiger charge is 2.63. The predicted octanol–water partition coefficient (Wildman–Crippen LogP) is 8.76. The maximum atomic E-state index is 12.3. The zero-order valence-corrected chi connectivity index (χ0v) is 25.9. The molecule has 6 heteroatoms. The minimum absolute atomic E-state index is 0.